The summed E-state index contributed by atoms with van der Waals surface area (Å²) in [4.78, 5) is 14.2. The zero-order valence-electron chi connectivity index (χ0n) is 12.6. The second-order valence-electron chi connectivity index (χ2n) is 6.04. The van der Waals surface area contributed by atoms with Gasteiger partial charge in [-0.3, -0.25) is 4.90 Å². The summed E-state index contributed by atoms with van der Waals surface area (Å²) in [7, 11) is 0. The van der Waals surface area contributed by atoms with Crippen LogP contribution >= 0.6 is 0 Å². The molecule has 1 aromatic heterocycles. The van der Waals surface area contributed by atoms with Crippen LogP contribution in [0.4, 0.5) is 0 Å². The van der Waals surface area contributed by atoms with Crippen molar-refractivity contribution in [3.05, 3.63) is 39.7 Å². The highest BCUT2D eigenvalue weighted by Crippen LogP contribution is 2.28. The average Bonchev–Trinajstić information content (AvgIpc) is 2.43. The number of hydrogen-bond acceptors (Lipinski definition) is 4. The molecule has 0 unspecified atom stereocenters. The number of fused-ring (bicyclic) bond motifs is 1. The number of aromatic hydroxyl groups is 1. The quantitative estimate of drug-likeness (QED) is 0.862. The molecule has 4 heteroatoms. The lowest BCUT2D eigenvalue weighted by molar-refractivity contribution is 0.153. The number of hydrogen-bond donors (Lipinski definition) is 1. The van der Waals surface area contributed by atoms with Crippen LogP contribution in [0.5, 0.6) is 5.75 Å². The van der Waals surface area contributed by atoms with Crippen LogP contribution in [0.2, 0.25) is 0 Å². The largest absolute Gasteiger partial charge is 0.508 e. The van der Waals surface area contributed by atoms with Gasteiger partial charge in [-0.1, -0.05) is 6.42 Å². The van der Waals surface area contributed by atoms with Crippen molar-refractivity contribution in [3.63, 3.8) is 0 Å². The van der Waals surface area contributed by atoms with Crippen molar-refractivity contribution in [1.82, 2.24) is 4.90 Å². The minimum absolute atomic E-state index is 0.240. The van der Waals surface area contributed by atoms with Crippen molar-refractivity contribution in [1.29, 1.82) is 0 Å². The van der Waals surface area contributed by atoms with Gasteiger partial charge in [0.2, 0.25) is 0 Å². The van der Waals surface area contributed by atoms with Crippen LogP contribution in [0.15, 0.2) is 27.4 Å². The molecule has 1 N–H and O–H groups in total. The fraction of sp³-hybridized carbons (Fsp3) is 0.471. The van der Waals surface area contributed by atoms with Gasteiger partial charge in [-0.2, -0.15) is 0 Å². The van der Waals surface area contributed by atoms with Crippen LogP contribution in [-0.2, 0) is 6.54 Å². The highest BCUT2D eigenvalue weighted by molar-refractivity contribution is 5.82. The van der Waals surface area contributed by atoms with Gasteiger partial charge >= 0.3 is 5.63 Å². The van der Waals surface area contributed by atoms with Crippen molar-refractivity contribution in [2.75, 3.05) is 6.54 Å². The maximum absolute atomic E-state index is 11.8. The molecule has 4 nitrogen and oxygen atoms in total. The molecule has 1 fully saturated rings. The molecular weight excluding hydrogens is 266 g/mol. The van der Waals surface area contributed by atoms with E-state index in [-0.39, 0.29) is 11.4 Å². The first-order chi connectivity index (χ1) is 10.0. The van der Waals surface area contributed by atoms with Crippen molar-refractivity contribution in [2.24, 2.45) is 0 Å². The number of aryl methyl sites for hydroxylation is 1. The number of nitrogens with zero attached hydrogens (tertiary/aromatic N) is 1. The second-order valence-corrected chi connectivity index (χ2v) is 6.04. The lowest BCUT2D eigenvalue weighted by Gasteiger charge is -2.33. The molecule has 21 heavy (non-hydrogen) atoms. The number of phenols is 1. The summed E-state index contributed by atoms with van der Waals surface area (Å²) in [5.41, 5.74) is 1.88. The minimum atomic E-state index is -0.327. The lowest BCUT2D eigenvalue weighted by Crippen LogP contribution is -2.36. The molecule has 0 amide bonds. The Morgan fingerprint density at radius 1 is 1.33 bits per heavy atom. The molecule has 2 heterocycles. The summed E-state index contributed by atoms with van der Waals surface area (Å²) in [5, 5.41) is 10.8. The molecule has 0 spiro atoms. The maximum atomic E-state index is 11.8. The Bertz CT molecular complexity index is 720. The Kier molecular flexibility index (Phi) is 3.72. The molecule has 0 bridgehead atoms. The third-order valence-electron chi connectivity index (χ3n) is 4.46. The number of rotatable bonds is 2. The Hall–Kier alpha value is -1.81. The van der Waals surface area contributed by atoms with E-state index in [1.54, 1.807) is 25.1 Å². The zero-order chi connectivity index (χ0) is 15.0. The van der Waals surface area contributed by atoms with Gasteiger partial charge in [0.1, 0.15) is 11.3 Å². The summed E-state index contributed by atoms with van der Waals surface area (Å²) >= 11 is 0. The lowest BCUT2D eigenvalue weighted by atomic mass is 10.0. The summed E-state index contributed by atoms with van der Waals surface area (Å²) in [6.45, 7) is 5.81. The van der Waals surface area contributed by atoms with E-state index in [1.807, 2.05) is 0 Å². The molecular formula is C17H21NO3. The van der Waals surface area contributed by atoms with E-state index in [1.165, 1.54) is 19.3 Å². The van der Waals surface area contributed by atoms with Gasteiger partial charge in [0.15, 0.2) is 0 Å². The molecule has 2 aromatic rings. The van der Waals surface area contributed by atoms with Crippen LogP contribution in [-0.4, -0.2) is 22.6 Å². The van der Waals surface area contributed by atoms with E-state index in [0.717, 1.165) is 24.0 Å². The van der Waals surface area contributed by atoms with E-state index in [4.69, 9.17) is 4.42 Å². The second kappa shape index (κ2) is 5.53. The van der Waals surface area contributed by atoms with Gasteiger partial charge < -0.3 is 9.52 Å². The van der Waals surface area contributed by atoms with Gasteiger partial charge in [-0.15, -0.1) is 0 Å². The van der Waals surface area contributed by atoms with E-state index in [0.29, 0.717) is 17.2 Å². The van der Waals surface area contributed by atoms with Crippen LogP contribution in [0.1, 0.15) is 37.3 Å². The highest BCUT2D eigenvalue weighted by Gasteiger charge is 2.20. The molecule has 1 aliphatic heterocycles. The van der Waals surface area contributed by atoms with Gasteiger partial charge in [-0.25, -0.2) is 4.79 Å². The van der Waals surface area contributed by atoms with E-state index >= 15 is 0 Å². The molecule has 1 saturated heterocycles. The highest BCUT2D eigenvalue weighted by atomic mass is 16.4. The van der Waals surface area contributed by atoms with Gasteiger partial charge in [0.25, 0.3) is 0 Å². The maximum Gasteiger partial charge on any atom is 0.336 e. The number of benzene rings is 1. The molecule has 1 atom stereocenters. The van der Waals surface area contributed by atoms with Gasteiger partial charge in [-0.05, 0) is 56.5 Å². The number of likely N-dealkylation sites (tertiary alicyclic amines) is 1. The molecule has 0 saturated carbocycles. The summed E-state index contributed by atoms with van der Waals surface area (Å²) in [6, 6.07) is 5.52. The van der Waals surface area contributed by atoms with Crippen molar-refractivity contribution in [3.8, 4) is 5.75 Å². The monoisotopic (exact) mass is 287 g/mol. The number of piperidine rings is 1. The first-order valence-electron chi connectivity index (χ1n) is 7.55. The Labute approximate surface area is 124 Å². The molecule has 0 aliphatic carbocycles. The van der Waals surface area contributed by atoms with Crippen molar-refractivity contribution in [2.45, 2.75) is 45.7 Å². The fourth-order valence-corrected chi connectivity index (χ4v) is 3.11. The van der Waals surface area contributed by atoms with Crippen LogP contribution in [0.25, 0.3) is 11.0 Å². The first kappa shape index (κ1) is 14.1. The molecule has 1 aliphatic rings. The molecule has 3 rings (SSSR count). The van der Waals surface area contributed by atoms with Gasteiger partial charge in [0, 0.05) is 24.0 Å². The normalized spacial score (nSPS) is 20.0. The predicted molar refractivity (Wildman–Crippen MR) is 82.6 cm³/mol. The summed E-state index contributed by atoms with van der Waals surface area (Å²) in [6.07, 6.45) is 3.67. The van der Waals surface area contributed by atoms with Gasteiger partial charge in [0.05, 0.1) is 0 Å². The van der Waals surface area contributed by atoms with E-state index in [2.05, 4.69) is 11.8 Å². The third kappa shape index (κ3) is 2.81. The molecule has 0 radical (unpaired) electrons. The SMILES string of the molecule is Cc1cc2oc(=O)cc(CN3CCCC[C@@H]3C)c2cc1O. The van der Waals surface area contributed by atoms with E-state index < -0.39 is 0 Å². The van der Waals surface area contributed by atoms with Crippen molar-refractivity contribution < 1.29 is 9.52 Å². The Morgan fingerprint density at radius 3 is 2.90 bits per heavy atom. The molecule has 112 valence electrons. The zero-order valence-corrected chi connectivity index (χ0v) is 12.6. The van der Waals surface area contributed by atoms with E-state index in [9.17, 15) is 9.90 Å². The predicted octanol–water partition coefficient (Wildman–Crippen LogP) is 3.18. The number of phenolic OH excluding ortho intramolecular Hbond substituents is 1. The Morgan fingerprint density at radius 2 is 2.14 bits per heavy atom. The third-order valence-corrected chi connectivity index (χ3v) is 4.46. The average molecular weight is 287 g/mol. The topological polar surface area (TPSA) is 53.7 Å². The standard InChI is InChI=1S/C17H21NO3/c1-11-7-16-14(9-15(11)19)13(8-17(20)21-16)10-18-6-4-3-5-12(18)2/h7-9,12,19H,3-6,10H2,1-2H3/t12-/m0/s1. The fourth-order valence-electron chi connectivity index (χ4n) is 3.11. The first-order valence-corrected chi connectivity index (χ1v) is 7.55. The summed E-state index contributed by atoms with van der Waals surface area (Å²) in [5.74, 6) is 0.240. The van der Waals surface area contributed by atoms with Crippen LogP contribution < -0.4 is 5.63 Å². The minimum Gasteiger partial charge on any atom is -0.508 e. The summed E-state index contributed by atoms with van der Waals surface area (Å²) < 4.78 is 5.27. The smallest absolute Gasteiger partial charge is 0.336 e. The Balaban J connectivity index is 2.04. The molecule has 1 aromatic carbocycles. The van der Waals surface area contributed by atoms with Crippen LogP contribution in [0, 0.1) is 6.92 Å². The van der Waals surface area contributed by atoms with Crippen LogP contribution in [0.3, 0.4) is 0 Å². The van der Waals surface area contributed by atoms with Crippen molar-refractivity contribution >= 4 is 11.0 Å².